The zero-order valence-electron chi connectivity index (χ0n) is 16.5. The summed E-state index contributed by atoms with van der Waals surface area (Å²) in [6.07, 6.45) is 3.01. The molecule has 3 atom stereocenters. The molecule has 7 heteroatoms. The number of nitrogens with zero attached hydrogens (tertiary/aromatic N) is 2. The van der Waals surface area contributed by atoms with Gasteiger partial charge in [0.2, 0.25) is 10.0 Å². The first-order valence-corrected chi connectivity index (χ1v) is 11.3. The maximum Gasteiger partial charge on any atom is 0.254 e. The van der Waals surface area contributed by atoms with Crippen molar-refractivity contribution in [1.29, 1.82) is 0 Å². The standard InChI is InChI=1S/C20H31N3O3S/c1-15-10-16(2)14-22(13-15)27(25,26)19-8-4-6-17(11-19)20(24)23-9-5-7-18(23)12-21-3/h4,6,8,11,15-16,18,21H,5,7,9-10,12-14H2,1-3H3. The topological polar surface area (TPSA) is 69.7 Å². The van der Waals surface area contributed by atoms with Gasteiger partial charge in [-0.1, -0.05) is 19.9 Å². The van der Waals surface area contributed by atoms with Crippen LogP contribution in [-0.4, -0.2) is 62.8 Å². The normalized spacial score (nSPS) is 27.1. The molecule has 0 bridgehead atoms. The Balaban J connectivity index is 1.83. The summed E-state index contributed by atoms with van der Waals surface area (Å²) in [4.78, 5) is 15.1. The lowest BCUT2D eigenvalue weighted by molar-refractivity contribution is 0.0737. The fourth-order valence-corrected chi connectivity index (χ4v) is 6.18. The van der Waals surface area contributed by atoms with E-state index in [1.54, 1.807) is 28.6 Å². The SMILES string of the molecule is CNCC1CCCN1C(=O)c1cccc(S(=O)(=O)N2CC(C)CC(C)C2)c1. The first-order valence-electron chi connectivity index (χ1n) is 9.88. The number of rotatable bonds is 5. The number of likely N-dealkylation sites (tertiary alicyclic amines) is 1. The lowest BCUT2D eigenvalue weighted by Gasteiger charge is -2.34. The van der Waals surface area contributed by atoms with Crippen molar-refractivity contribution >= 4 is 15.9 Å². The third-order valence-corrected chi connectivity index (χ3v) is 7.46. The highest BCUT2D eigenvalue weighted by atomic mass is 32.2. The van der Waals surface area contributed by atoms with Gasteiger partial charge < -0.3 is 10.2 Å². The van der Waals surface area contributed by atoms with Crippen molar-refractivity contribution in [3.8, 4) is 0 Å². The molecule has 1 aromatic rings. The highest BCUT2D eigenvalue weighted by molar-refractivity contribution is 7.89. The predicted molar refractivity (Wildman–Crippen MR) is 106 cm³/mol. The van der Waals surface area contributed by atoms with Crippen LogP contribution in [0.4, 0.5) is 0 Å². The van der Waals surface area contributed by atoms with E-state index in [-0.39, 0.29) is 16.8 Å². The lowest BCUT2D eigenvalue weighted by Crippen LogP contribution is -2.42. The minimum Gasteiger partial charge on any atom is -0.334 e. The molecule has 1 aromatic carbocycles. The highest BCUT2D eigenvalue weighted by Crippen LogP contribution is 2.27. The Morgan fingerprint density at radius 3 is 2.59 bits per heavy atom. The van der Waals surface area contributed by atoms with Gasteiger partial charge >= 0.3 is 0 Å². The fourth-order valence-electron chi connectivity index (χ4n) is 4.46. The Morgan fingerprint density at radius 1 is 1.22 bits per heavy atom. The molecule has 3 unspecified atom stereocenters. The first kappa shape index (κ1) is 20.3. The second kappa shape index (κ2) is 8.29. The minimum absolute atomic E-state index is 0.0785. The molecule has 0 aliphatic carbocycles. The molecular formula is C20H31N3O3S. The Kier molecular flexibility index (Phi) is 6.23. The Labute approximate surface area is 163 Å². The number of sulfonamides is 1. The maximum absolute atomic E-state index is 13.1. The van der Waals surface area contributed by atoms with E-state index in [4.69, 9.17) is 0 Å². The van der Waals surface area contributed by atoms with Gasteiger partial charge in [-0.3, -0.25) is 4.79 Å². The summed E-state index contributed by atoms with van der Waals surface area (Å²) in [5.41, 5.74) is 0.456. The molecule has 2 fully saturated rings. The number of piperidine rings is 1. The molecule has 1 amide bonds. The van der Waals surface area contributed by atoms with Crippen LogP contribution < -0.4 is 5.32 Å². The molecule has 2 heterocycles. The second-order valence-corrected chi connectivity index (χ2v) is 10.1. The van der Waals surface area contributed by atoms with Crippen molar-refractivity contribution in [2.75, 3.05) is 33.2 Å². The number of carbonyl (C=O) groups is 1. The Morgan fingerprint density at radius 2 is 1.93 bits per heavy atom. The van der Waals surface area contributed by atoms with Crippen LogP contribution in [0.2, 0.25) is 0 Å². The van der Waals surface area contributed by atoms with Gasteiger partial charge in [-0.25, -0.2) is 8.42 Å². The highest BCUT2D eigenvalue weighted by Gasteiger charge is 2.33. The summed E-state index contributed by atoms with van der Waals surface area (Å²) in [5, 5.41) is 3.14. The van der Waals surface area contributed by atoms with Crippen LogP contribution in [0.1, 0.15) is 43.5 Å². The number of carbonyl (C=O) groups excluding carboxylic acids is 1. The van der Waals surface area contributed by atoms with Crippen molar-refractivity contribution in [2.24, 2.45) is 11.8 Å². The molecule has 150 valence electrons. The Bertz CT molecular complexity index is 770. The average Bonchev–Trinajstić information content (AvgIpc) is 3.09. The van der Waals surface area contributed by atoms with Crippen LogP contribution in [0.25, 0.3) is 0 Å². The minimum atomic E-state index is -3.58. The molecule has 2 aliphatic heterocycles. The molecule has 0 aromatic heterocycles. The molecule has 1 N–H and O–H groups in total. The number of hydrogen-bond donors (Lipinski definition) is 1. The molecule has 2 aliphatic rings. The van der Waals surface area contributed by atoms with Crippen molar-refractivity contribution in [1.82, 2.24) is 14.5 Å². The van der Waals surface area contributed by atoms with Gasteiger partial charge in [-0.15, -0.1) is 0 Å². The van der Waals surface area contributed by atoms with Crippen LogP contribution in [0.15, 0.2) is 29.2 Å². The number of amides is 1. The van der Waals surface area contributed by atoms with Gasteiger partial charge in [-0.2, -0.15) is 4.31 Å². The molecule has 0 radical (unpaired) electrons. The lowest BCUT2D eigenvalue weighted by atomic mass is 9.94. The van der Waals surface area contributed by atoms with Crippen LogP contribution in [-0.2, 0) is 10.0 Å². The fraction of sp³-hybridized carbons (Fsp3) is 0.650. The van der Waals surface area contributed by atoms with Gasteiger partial charge in [-0.05, 0) is 56.3 Å². The average molecular weight is 394 g/mol. The van der Waals surface area contributed by atoms with Crippen molar-refractivity contribution < 1.29 is 13.2 Å². The smallest absolute Gasteiger partial charge is 0.254 e. The van der Waals surface area contributed by atoms with E-state index >= 15 is 0 Å². The van der Waals surface area contributed by atoms with Crippen molar-refractivity contribution in [3.63, 3.8) is 0 Å². The van der Waals surface area contributed by atoms with E-state index in [9.17, 15) is 13.2 Å². The summed E-state index contributed by atoms with van der Waals surface area (Å²) in [5.74, 6) is 0.616. The summed E-state index contributed by atoms with van der Waals surface area (Å²) in [6, 6.07) is 6.73. The summed E-state index contributed by atoms with van der Waals surface area (Å²) in [7, 11) is -1.70. The third-order valence-electron chi connectivity index (χ3n) is 5.63. The van der Waals surface area contributed by atoms with E-state index in [0.29, 0.717) is 30.5 Å². The molecular weight excluding hydrogens is 362 g/mol. The van der Waals surface area contributed by atoms with E-state index in [1.807, 2.05) is 11.9 Å². The maximum atomic E-state index is 13.1. The zero-order valence-corrected chi connectivity index (χ0v) is 17.3. The van der Waals surface area contributed by atoms with Crippen LogP contribution in [0.3, 0.4) is 0 Å². The third kappa shape index (κ3) is 4.36. The van der Waals surface area contributed by atoms with Gasteiger partial charge in [0.15, 0.2) is 0 Å². The van der Waals surface area contributed by atoms with E-state index in [0.717, 1.165) is 32.4 Å². The quantitative estimate of drug-likeness (QED) is 0.832. The molecule has 0 spiro atoms. The number of likely N-dealkylation sites (N-methyl/N-ethyl adjacent to an activating group) is 1. The summed E-state index contributed by atoms with van der Waals surface area (Å²) >= 11 is 0. The van der Waals surface area contributed by atoms with Gasteiger partial charge in [0, 0.05) is 37.8 Å². The van der Waals surface area contributed by atoms with Crippen molar-refractivity contribution in [2.45, 2.75) is 44.0 Å². The summed E-state index contributed by atoms with van der Waals surface area (Å²) in [6.45, 7) is 6.75. The molecule has 27 heavy (non-hydrogen) atoms. The van der Waals surface area contributed by atoms with E-state index in [2.05, 4.69) is 19.2 Å². The number of benzene rings is 1. The molecule has 6 nitrogen and oxygen atoms in total. The largest absolute Gasteiger partial charge is 0.334 e. The molecule has 3 rings (SSSR count). The van der Waals surface area contributed by atoms with Gasteiger partial charge in [0.05, 0.1) is 4.90 Å². The zero-order chi connectivity index (χ0) is 19.6. The predicted octanol–water partition coefficient (Wildman–Crippen LogP) is 2.18. The first-order chi connectivity index (χ1) is 12.8. The number of hydrogen-bond acceptors (Lipinski definition) is 4. The monoisotopic (exact) mass is 393 g/mol. The Hall–Kier alpha value is -1.44. The number of nitrogens with one attached hydrogen (secondary N) is 1. The molecule has 2 saturated heterocycles. The van der Waals surface area contributed by atoms with Crippen LogP contribution in [0, 0.1) is 11.8 Å². The van der Waals surface area contributed by atoms with Gasteiger partial charge in [0.1, 0.15) is 0 Å². The van der Waals surface area contributed by atoms with Crippen LogP contribution >= 0.6 is 0 Å². The summed E-state index contributed by atoms with van der Waals surface area (Å²) < 4.78 is 27.8. The van der Waals surface area contributed by atoms with Crippen molar-refractivity contribution in [3.05, 3.63) is 29.8 Å². The molecule has 0 saturated carbocycles. The van der Waals surface area contributed by atoms with Gasteiger partial charge in [0.25, 0.3) is 5.91 Å². The second-order valence-electron chi connectivity index (χ2n) is 8.15. The van der Waals surface area contributed by atoms with E-state index in [1.165, 1.54) is 0 Å². The van der Waals surface area contributed by atoms with E-state index < -0.39 is 10.0 Å². The van der Waals surface area contributed by atoms with Crippen LogP contribution in [0.5, 0.6) is 0 Å².